The molecule has 0 aliphatic carbocycles. The van der Waals surface area contributed by atoms with Gasteiger partial charge >= 0.3 is 0 Å². The van der Waals surface area contributed by atoms with Crippen LogP contribution < -0.4 is 5.32 Å². The van der Waals surface area contributed by atoms with Gasteiger partial charge in [-0.25, -0.2) is 4.98 Å². The molecule has 4 heteroatoms. The summed E-state index contributed by atoms with van der Waals surface area (Å²) in [5.41, 5.74) is 2.16. The number of anilines is 1. The lowest BCUT2D eigenvalue weighted by molar-refractivity contribution is 0.0211. The zero-order chi connectivity index (χ0) is 11.3. The Morgan fingerprint density at radius 1 is 1.47 bits per heavy atom. The van der Waals surface area contributed by atoms with Gasteiger partial charge in [0.15, 0.2) is 0 Å². The summed E-state index contributed by atoms with van der Waals surface area (Å²) in [6, 6.07) is 2.27. The number of nitrogens with one attached hydrogen (secondary N) is 1. The summed E-state index contributed by atoms with van der Waals surface area (Å²) < 4.78 is 5.07. The Hall–Kier alpha value is -0.800. The molecule has 84 valence electrons. The Bertz CT molecular complexity index is 313. The Kier molecular flexibility index (Phi) is 4.85. The highest BCUT2D eigenvalue weighted by Gasteiger charge is 2.18. The molecule has 15 heavy (non-hydrogen) atoms. The molecule has 1 fully saturated rings. The first-order valence-electron chi connectivity index (χ1n) is 5.22. The molecule has 1 aromatic heterocycles. The first kappa shape index (κ1) is 12.3. The molecule has 0 saturated carbocycles. The SMILES string of the molecule is CC.Cc1cnc(Cl)cc1NC1COC1. The molecule has 0 aromatic carbocycles. The van der Waals surface area contributed by atoms with Gasteiger partial charge in [0, 0.05) is 11.9 Å². The number of hydrogen-bond acceptors (Lipinski definition) is 3. The largest absolute Gasteiger partial charge is 0.377 e. The van der Waals surface area contributed by atoms with E-state index in [1.807, 2.05) is 26.8 Å². The molecule has 1 N–H and O–H groups in total. The molecule has 0 radical (unpaired) electrons. The van der Waals surface area contributed by atoms with Crippen LogP contribution in [0.1, 0.15) is 19.4 Å². The topological polar surface area (TPSA) is 34.2 Å². The van der Waals surface area contributed by atoms with E-state index >= 15 is 0 Å². The van der Waals surface area contributed by atoms with E-state index in [1.54, 1.807) is 6.20 Å². The number of pyridine rings is 1. The predicted octanol–water partition coefficient (Wildman–Crippen LogP) is 2.88. The average molecular weight is 229 g/mol. The number of hydrogen-bond donors (Lipinski definition) is 1. The molecule has 1 aliphatic heterocycles. The van der Waals surface area contributed by atoms with Crippen LogP contribution in [0.4, 0.5) is 5.69 Å². The zero-order valence-electron chi connectivity index (χ0n) is 9.38. The maximum Gasteiger partial charge on any atom is 0.131 e. The second-order valence-corrected chi connectivity index (χ2v) is 3.59. The van der Waals surface area contributed by atoms with Gasteiger partial charge in [-0.05, 0) is 18.6 Å². The van der Waals surface area contributed by atoms with Gasteiger partial charge in [0.05, 0.1) is 19.3 Å². The summed E-state index contributed by atoms with van der Waals surface area (Å²) in [5, 5.41) is 3.86. The molecule has 0 atom stereocenters. The summed E-state index contributed by atoms with van der Waals surface area (Å²) in [6.45, 7) is 7.56. The summed E-state index contributed by atoms with van der Waals surface area (Å²) in [6.07, 6.45) is 1.77. The minimum atomic E-state index is 0.428. The monoisotopic (exact) mass is 228 g/mol. The number of nitrogens with zero attached hydrogens (tertiary/aromatic N) is 1. The molecule has 0 amide bonds. The third-order valence-corrected chi connectivity index (χ3v) is 2.27. The molecule has 1 saturated heterocycles. The second-order valence-electron chi connectivity index (χ2n) is 3.20. The fourth-order valence-corrected chi connectivity index (χ4v) is 1.35. The van der Waals surface area contributed by atoms with Gasteiger partial charge in [0.1, 0.15) is 5.15 Å². The van der Waals surface area contributed by atoms with Crippen LogP contribution in [0.2, 0.25) is 5.15 Å². The van der Waals surface area contributed by atoms with Crippen molar-refractivity contribution in [1.29, 1.82) is 0 Å². The summed E-state index contributed by atoms with van der Waals surface area (Å²) in [4.78, 5) is 3.98. The molecule has 3 nitrogen and oxygen atoms in total. The fraction of sp³-hybridized carbons (Fsp3) is 0.545. The van der Waals surface area contributed by atoms with E-state index < -0.39 is 0 Å². The molecule has 2 rings (SSSR count). The van der Waals surface area contributed by atoms with Gasteiger partial charge in [-0.1, -0.05) is 25.4 Å². The quantitative estimate of drug-likeness (QED) is 0.791. The van der Waals surface area contributed by atoms with Crippen LogP contribution in [0.5, 0.6) is 0 Å². The minimum Gasteiger partial charge on any atom is -0.377 e. The van der Waals surface area contributed by atoms with Gasteiger partial charge in [-0.15, -0.1) is 0 Å². The molecule has 1 aliphatic rings. The highest BCUT2D eigenvalue weighted by atomic mass is 35.5. The van der Waals surface area contributed by atoms with Crippen molar-refractivity contribution >= 4 is 17.3 Å². The lowest BCUT2D eigenvalue weighted by Gasteiger charge is -2.28. The first-order valence-corrected chi connectivity index (χ1v) is 5.60. The highest BCUT2D eigenvalue weighted by Crippen LogP contribution is 2.19. The van der Waals surface area contributed by atoms with Crippen molar-refractivity contribution in [2.45, 2.75) is 26.8 Å². The number of aromatic nitrogens is 1. The molecular formula is C11H17ClN2O. The lowest BCUT2D eigenvalue weighted by Crippen LogP contribution is -2.40. The van der Waals surface area contributed by atoms with Gasteiger partial charge in [0.2, 0.25) is 0 Å². The van der Waals surface area contributed by atoms with E-state index in [0.717, 1.165) is 24.5 Å². The van der Waals surface area contributed by atoms with E-state index in [1.165, 1.54) is 0 Å². The third kappa shape index (κ3) is 3.36. The van der Waals surface area contributed by atoms with Gasteiger partial charge in [-0.2, -0.15) is 0 Å². The van der Waals surface area contributed by atoms with Crippen molar-refractivity contribution in [2.75, 3.05) is 18.5 Å². The van der Waals surface area contributed by atoms with Crippen molar-refractivity contribution in [1.82, 2.24) is 4.98 Å². The van der Waals surface area contributed by atoms with Crippen molar-refractivity contribution in [3.63, 3.8) is 0 Å². The van der Waals surface area contributed by atoms with Crippen molar-refractivity contribution < 1.29 is 4.74 Å². The third-order valence-electron chi connectivity index (χ3n) is 2.07. The van der Waals surface area contributed by atoms with Crippen LogP contribution >= 0.6 is 11.6 Å². The molecule has 0 spiro atoms. The standard InChI is InChI=1S/C9H11ClN2O.C2H6/c1-6-3-11-9(10)2-8(6)12-7-4-13-5-7;1-2/h2-3,7H,4-5H2,1H3,(H,11,12);1-2H3. The van der Waals surface area contributed by atoms with Crippen LogP contribution in [0.3, 0.4) is 0 Å². The Morgan fingerprint density at radius 3 is 2.67 bits per heavy atom. The molecule has 2 heterocycles. The Morgan fingerprint density at radius 2 is 2.13 bits per heavy atom. The summed E-state index contributed by atoms with van der Waals surface area (Å²) in [5.74, 6) is 0. The van der Waals surface area contributed by atoms with Crippen LogP contribution in [-0.2, 0) is 4.74 Å². The van der Waals surface area contributed by atoms with Crippen molar-refractivity contribution in [2.24, 2.45) is 0 Å². The Balaban J connectivity index is 0.000000531. The minimum absolute atomic E-state index is 0.428. The fourth-order valence-electron chi connectivity index (χ4n) is 1.19. The molecular weight excluding hydrogens is 212 g/mol. The van der Waals surface area contributed by atoms with Gasteiger partial charge in [-0.3, -0.25) is 0 Å². The number of rotatable bonds is 2. The number of halogens is 1. The van der Waals surface area contributed by atoms with E-state index in [9.17, 15) is 0 Å². The smallest absolute Gasteiger partial charge is 0.131 e. The Labute approximate surface area is 95.8 Å². The van der Waals surface area contributed by atoms with Crippen LogP contribution in [0.25, 0.3) is 0 Å². The normalized spacial score (nSPS) is 14.9. The molecule has 1 aromatic rings. The van der Waals surface area contributed by atoms with E-state index in [4.69, 9.17) is 16.3 Å². The highest BCUT2D eigenvalue weighted by molar-refractivity contribution is 6.29. The summed E-state index contributed by atoms with van der Waals surface area (Å²) >= 11 is 5.78. The maximum absolute atomic E-state index is 5.78. The zero-order valence-corrected chi connectivity index (χ0v) is 10.1. The van der Waals surface area contributed by atoms with E-state index in [-0.39, 0.29) is 0 Å². The first-order chi connectivity index (χ1) is 7.25. The second kappa shape index (κ2) is 5.93. The number of ether oxygens (including phenoxy) is 1. The van der Waals surface area contributed by atoms with Crippen LogP contribution in [0, 0.1) is 6.92 Å². The average Bonchev–Trinajstić information content (AvgIpc) is 2.20. The number of aryl methyl sites for hydroxylation is 1. The van der Waals surface area contributed by atoms with E-state index in [0.29, 0.717) is 11.2 Å². The van der Waals surface area contributed by atoms with Crippen molar-refractivity contribution in [3.05, 3.63) is 23.0 Å². The lowest BCUT2D eigenvalue weighted by atomic mass is 10.2. The maximum atomic E-state index is 5.78. The van der Waals surface area contributed by atoms with Crippen LogP contribution in [-0.4, -0.2) is 24.2 Å². The molecule has 0 unspecified atom stereocenters. The predicted molar refractivity (Wildman–Crippen MR) is 63.6 cm³/mol. The van der Waals surface area contributed by atoms with Crippen molar-refractivity contribution in [3.8, 4) is 0 Å². The summed E-state index contributed by atoms with van der Waals surface area (Å²) in [7, 11) is 0. The van der Waals surface area contributed by atoms with Gasteiger partial charge < -0.3 is 10.1 Å². The van der Waals surface area contributed by atoms with Crippen LogP contribution in [0.15, 0.2) is 12.3 Å². The molecule has 0 bridgehead atoms. The van der Waals surface area contributed by atoms with E-state index in [2.05, 4.69) is 10.3 Å². The van der Waals surface area contributed by atoms with Gasteiger partial charge in [0.25, 0.3) is 0 Å².